The van der Waals surface area contributed by atoms with Crippen molar-refractivity contribution in [3.63, 3.8) is 0 Å². The van der Waals surface area contributed by atoms with E-state index in [1.54, 1.807) is 0 Å². The Morgan fingerprint density at radius 1 is 1.35 bits per heavy atom. The first-order chi connectivity index (χ1) is 8.22. The molecule has 0 aromatic rings. The Kier molecular flexibility index (Phi) is 4.40. The Bertz CT molecular complexity index is 267. The van der Waals surface area contributed by atoms with Gasteiger partial charge in [0.25, 0.3) is 0 Å². The fourth-order valence-corrected chi connectivity index (χ4v) is 3.30. The summed E-state index contributed by atoms with van der Waals surface area (Å²) in [5, 5.41) is 9.23. The Morgan fingerprint density at radius 2 is 2.18 bits per heavy atom. The molecule has 2 fully saturated rings. The zero-order valence-corrected chi connectivity index (χ0v) is 10.6. The van der Waals surface area contributed by atoms with Crippen molar-refractivity contribution < 1.29 is 14.6 Å². The van der Waals surface area contributed by atoms with Crippen LogP contribution in [0.1, 0.15) is 39.0 Å². The van der Waals surface area contributed by atoms with Gasteiger partial charge >= 0.3 is 5.97 Å². The largest absolute Gasteiger partial charge is 0.481 e. The van der Waals surface area contributed by atoms with Gasteiger partial charge in [-0.15, -0.1) is 0 Å². The Labute approximate surface area is 103 Å². The number of likely N-dealkylation sites (tertiary alicyclic amines) is 1. The van der Waals surface area contributed by atoms with E-state index in [2.05, 4.69) is 4.90 Å². The molecule has 3 atom stereocenters. The van der Waals surface area contributed by atoms with E-state index >= 15 is 0 Å². The number of rotatable bonds is 4. The average Bonchev–Trinajstić information content (AvgIpc) is 2.79. The van der Waals surface area contributed by atoms with Crippen LogP contribution in [0.5, 0.6) is 0 Å². The first-order valence-corrected chi connectivity index (χ1v) is 6.80. The first-order valence-electron chi connectivity index (χ1n) is 6.80. The van der Waals surface area contributed by atoms with E-state index in [9.17, 15) is 9.90 Å². The van der Waals surface area contributed by atoms with Gasteiger partial charge in [-0.25, -0.2) is 0 Å². The molecule has 1 saturated carbocycles. The van der Waals surface area contributed by atoms with Crippen LogP contribution in [0, 0.1) is 5.92 Å². The van der Waals surface area contributed by atoms with Crippen LogP contribution in [0.2, 0.25) is 0 Å². The van der Waals surface area contributed by atoms with Gasteiger partial charge in [-0.3, -0.25) is 9.69 Å². The highest BCUT2D eigenvalue weighted by Crippen LogP contribution is 2.32. The van der Waals surface area contributed by atoms with Crippen molar-refractivity contribution in [2.75, 3.05) is 19.7 Å². The van der Waals surface area contributed by atoms with Gasteiger partial charge in [0.1, 0.15) is 0 Å². The van der Waals surface area contributed by atoms with Crippen LogP contribution >= 0.6 is 0 Å². The molecule has 0 bridgehead atoms. The highest BCUT2D eigenvalue weighted by molar-refractivity contribution is 5.71. The molecule has 98 valence electrons. The molecule has 0 aromatic carbocycles. The molecule has 0 aromatic heterocycles. The molecule has 0 amide bonds. The van der Waals surface area contributed by atoms with Gasteiger partial charge in [-0.05, 0) is 39.2 Å². The zero-order valence-electron chi connectivity index (χ0n) is 10.6. The van der Waals surface area contributed by atoms with E-state index in [0.717, 1.165) is 51.8 Å². The topological polar surface area (TPSA) is 49.8 Å². The highest BCUT2D eigenvalue weighted by Gasteiger charge is 2.38. The Morgan fingerprint density at radius 3 is 2.88 bits per heavy atom. The summed E-state index contributed by atoms with van der Waals surface area (Å²) in [6.07, 6.45) is 5.49. The van der Waals surface area contributed by atoms with Crippen LogP contribution in [0.25, 0.3) is 0 Å². The maximum Gasteiger partial charge on any atom is 0.308 e. The van der Waals surface area contributed by atoms with Crippen molar-refractivity contribution in [2.45, 2.75) is 51.2 Å². The summed E-state index contributed by atoms with van der Waals surface area (Å²) in [4.78, 5) is 13.6. The number of ether oxygens (including phenoxy) is 1. The van der Waals surface area contributed by atoms with Crippen LogP contribution in [0.4, 0.5) is 0 Å². The molecule has 3 unspecified atom stereocenters. The van der Waals surface area contributed by atoms with Gasteiger partial charge in [0, 0.05) is 19.2 Å². The second-order valence-electron chi connectivity index (χ2n) is 5.16. The monoisotopic (exact) mass is 241 g/mol. The molecular weight excluding hydrogens is 218 g/mol. The predicted octanol–water partition coefficient (Wildman–Crippen LogP) is 1.74. The molecule has 1 heterocycles. The molecule has 1 N–H and O–H groups in total. The fraction of sp³-hybridized carbons (Fsp3) is 0.923. The standard InChI is InChI=1S/C13H23NO3/c1-2-17-10-5-4-8-14(9-10)12-7-3-6-11(12)13(15)16/h10-12H,2-9H2,1H3,(H,15,16). The lowest BCUT2D eigenvalue weighted by Gasteiger charge is -2.38. The molecule has 4 heteroatoms. The molecule has 1 aliphatic carbocycles. The third-order valence-corrected chi connectivity index (χ3v) is 4.08. The van der Waals surface area contributed by atoms with E-state index < -0.39 is 5.97 Å². The number of nitrogens with zero attached hydrogens (tertiary/aromatic N) is 1. The summed E-state index contributed by atoms with van der Waals surface area (Å²) >= 11 is 0. The van der Waals surface area contributed by atoms with Crippen LogP contribution in [0.15, 0.2) is 0 Å². The van der Waals surface area contributed by atoms with Crippen molar-refractivity contribution in [1.29, 1.82) is 0 Å². The van der Waals surface area contributed by atoms with Crippen molar-refractivity contribution in [3.05, 3.63) is 0 Å². The van der Waals surface area contributed by atoms with Crippen LogP contribution in [0.3, 0.4) is 0 Å². The summed E-state index contributed by atoms with van der Waals surface area (Å²) in [6, 6.07) is 0.246. The first kappa shape index (κ1) is 12.8. The minimum atomic E-state index is -0.619. The van der Waals surface area contributed by atoms with Crippen LogP contribution in [-0.4, -0.2) is 47.8 Å². The van der Waals surface area contributed by atoms with Crippen LogP contribution < -0.4 is 0 Å². The maximum atomic E-state index is 11.2. The molecule has 2 rings (SSSR count). The summed E-state index contributed by atoms with van der Waals surface area (Å²) in [7, 11) is 0. The SMILES string of the molecule is CCOC1CCCN(C2CCCC2C(=O)O)C1. The van der Waals surface area contributed by atoms with Gasteiger partial charge in [-0.2, -0.15) is 0 Å². The predicted molar refractivity (Wildman–Crippen MR) is 65.0 cm³/mol. The third-order valence-electron chi connectivity index (χ3n) is 4.08. The number of hydrogen-bond donors (Lipinski definition) is 1. The summed E-state index contributed by atoms with van der Waals surface area (Å²) in [5.74, 6) is -0.776. The second-order valence-corrected chi connectivity index (χ2v) is 5.16. The summed E-state index contributed by atoms with van der Waals surface area (Å²) < 4.78 is 5.68. The Balaban J connectivity index is 1.94. The highest BCUT2D eigenvalue weighted by atomic mass is 16.5. The van der Waals surface area contributed by atoms with Crippen molar-refractivity contribution in [3.8, 4) is 0 Å². The molecule has 0 spiro atoms. The van der Waals surface area contributed by atoms with Crippen molar-refractivity contribution in [1.82, 2.24) is 4.90 Å². The number of carboxylic acids is 1. The molecule has 1 saturated heterocycles. The van der Waals surface area contributed by atoms with Gasteiger partial charge < -0.3 is 9.84 Å². The Hall–Kier alpha value is -0.610. The van der Waals surface area contributed by atoms with Gasteiger partial charge in [0.15, 0.2) is 0 Å². The number of carbonyl (C=O) groups is 1. The summed E-state index contributed by atoms with van der Waals surface area (Å²) in [5.41, 5.74) is 0. The average molecular weight is 241 g/mol. The third kappa shape index (κ3) is 2.99. The van der Waals surface area contributed by atoms with Gasteiger partial charge in [0.05, 0.1) is 12.0 Å². The second kappa shape index (κ2) is 5.83. The van der Waals surface area contributed by atoms with E-state index in [-0.39, 0.29) is 12.0 Å². The fourth-order valence-electron chi connectivity index (χ4n) is 3.30. The molecule has 2 aliphatic rings. The summed E-state index contributed by atoms with van der Waals surface area (Å²) in [6.45, 7) is 4.74. The molecular formula is C13H23NO3. The van der Waals surface area contributed by atoms with E-state index in [1.165, 1.54) is 0 Å². The smallest absolute Gasteiger partial charge is 0.308 e. The molecule has 4 nitrogen and oxygen atoms in total. The van der Waals surface area contributed by atoms with Gasteiger partial charge in [-0.1, -0.05) is 6.42 Å². The van der Waals surface area contributed by atoms with E-state index in [4.69, 9.17) is 4.74 Å². The molecule has 17 heavy (non-hydrogen) atoms. The minimum absolute atomic E-state index is 0.157. The van der Waals surface area contributed by atoms with E-state index in [1.807, 2.05) is 6.92 Å². The molecule has 0 radical (unpaired) electrons. The van der Waals surface area contributed by atoms with E-state index in [0.29, 0.717) is 6.10 Å². The minimum Gasteiger partial charge on any atom is -0.481 e. The lowest BCUT2D eigenvalue weighted by atomic mass is 9.98. The maximum absolute atomic E-state index is 11.2. The number of carboxylic acid groups (broad SMARTS) is 1. The van der Waals surface area contributed by atoms with Gasteiger partial charge in [0.2, 0.25) is 0 Å². The lowest BCUT2D eigenvalue weighted by molar-refractivity contribution is -0.144. The zero-order chi connectivity index (χ0) is 12.3. The van der Waals surface area contributed by atoms with Crippen LogP contribution in [-0.2, 0) is 9.53 Å². The molecule has 1 aliphatic heterocycles. The van der Waals surface area contributed by atoms with Crippen molar-refractivity contribution in [2.24, 2.45) is 5.92 Å². The number of hydrogen-bond acceptors (Lipinski definition) is 3. The quantitative estimate of drug-likeness (QED) is 0.814. The van der Waals surface area contributed by atoms with Crippen molar-refractivity contribution >= 4 is 5.97 Å². The lowest BCUT2D eigenvalue weighted by Crippen LogP contribution is -2.48. The normalized spacial score (nSPS) is 35.0. The number of aliphatic carboxylic acids is 1. The number of piperidine rings is 1.